The molecule has 0 aliphatic carbocycles. The first-order chi connectivity index (χ1) is 9.48. The number of rotatable bonds is 2. The van der Waals surface area contributed by atoms with E-state index < -0.39 is 16.1 Å². The fourth-order valence-corrected chi connectivity index (χ4v) is 3.68. The summed E-state index contributed by atoms with van der Waals surface area (Å²) in [5.41, 5.74) is 0.864. The fraction of sp³-hybridized carbons (Fsp3) is 0.385. The summed E-state index contributed by atoms with van der Waals surface area (Å²) in [4.78, 5) is 0.107. The van der Waals surface area contributed by atoms with E-state index in [0.29, 0.717) is 11.1 Å². The number of nitriles is 2. The van der Waals surface area contributed by atoms with Crippen molar-refractivity contribution in [3.8, 4) is 12.1 Å². The molecule has 1 aliphatic heterocycles. The van der Waals surface area contributed by atoms with E-state index in [0.717, 1.165) is 0 Å². The Labute approximate surface area is 117 Å². The molecular formula is C13H13N3O3S. The largest absolute Gasteiger partial charge is 0.361 e. The first-order valence-electron chi connectivity index (χ1n) is 6.01. The van der Waals surface area contributed by atoms with E-state index in [1.807, 2.05) is 12.1 Å². The predicted molar refractivity (Wildman–Crippen MR) is 70.0 cm³/mol. The zero-order chi connectivity index (χ0) is 14.8. The summed E-state index contributed by atoms with van der Waals surface area (Å²) < 4.78 is 31.6. The van der Waals surface area contributed by atoms with Crippen LogP contribution in [0.2, 0.25) is 0 Å². The second-order valence-corrected chi connectivity index (χ2v) is 6.35. The number of benzene rings is 1. The third-order valence-electron chi connectivity index (χ3n) is 3.11. The molecule has 1 aromatic rings. The first kappa shape index (κ1) is 14.5. The van der Waals surface area contributed by atoms with E-state index in [1.165, 1.54) is 10.4 Å². The lowest BCUT2D eigenvalue weighted by atomic mass is 10.2. The molecule has 1 atom stereocenters. The van der Waals surface area contributed by atoms with Gasteiger partial charge in [0.05, 0.1) is 35.7 Å². The molecule has 0 spiro atoms. The highest BCUT2D eigenvalue weighted by atomic mass is 32.2. The van der Waals surface area contributed by atoms with Crippen molar-refractivity contribution < 1.29 is 13.2 Å². The summed E-state index contributed by atoms with van der Waals surface area (Å²) in [5.74, 6) is 0. The minimum atomic E-state index is -3.72. The smallest absolute Gasteiger partial charge is 0.243 e. The summed E-state index contributed by atoms with van der Waals surface area (Å²) in [7, 11) is -3.72. The fourth-order valence-electron chi connectivity index (χ4n) is 2.01. The van der Waals surface area contributed by atoms with Gasteiger partial charge in [0.15, 0.2) is 6.10 Å². The standard InChI is InChI=1S/C13H13N3O3S/c1-10-2-3-11(7-14)6-13(10)20(17,18)16-4-5-19-12(8-15)9-16/h2-3,6,12H,4-5,9H2,1H3. The minimum Gasteiger partial charge on any atom is -0.361 e. The van der Waals surface area contributed by atoms with Gasteiger partial charge in [-0.2, -0.15) is 14.8 Å². The van der Waals surface area contributed by atoms with Crippen LogP contribution in [-0.2, 0) is 14.8 Å². The number of sulfonamides is 1. The average molecular weight is 291 g/mol. The van der Waals surface area contributed by atoms with Gasteiger partial charge in [0.2, 0.25) is 10.0 Å². The van der Waals surface area contributed by atoms with Crippen LogP contribution in [-0.4, -0.2) is 38.5 Å². The van der Waals surface area contributed by atoms with Crippen molar-refractivity contribution in [2.45, 2.75) is 17.9 Å². The lowest BCUT2D eigenvalue weighted by molar-refractivity contribution is 0.0311. The van der Waals surface area contributed by atoms with E-state index in [2.05, 4.69) is 0 Å². The molecule has 0 aromatic heterocycles. The van der Waals surface area contributed by atoms with Crippen molar-refractivity contribution in [3.63, 3.8) is 0 Å². The van der Waals surface area contributed by atoms with Crippen LogP contribution < -0.4 is 0 Å². The van der Waals surface area contributed by atoms with Gasteiger partial charge < -0.3 is 4.74 Å². The van der Waals surface area contributed by atoms with E-state index in [9.17, 15) is 8.42 Å². The molecule has 7 heteroatoms. The Balaban J connectivity index is 2.41. The quantitative estimate of drug-likeness (QED) is 0.802. The molecule has 1 saturated heterocycles. The van der Waals surface area contributed by atoms with Crippen LogP contribution in [0.4, 0.5) is 0 Å². The molecule has 0 amide bonds. The lowest BCUT2D eigenvalue weighted by Crippen LogP contribution is -2.45. The number of hydrogen-bond donors (Lipinski definition) is 0. The normalized spacial score (nSPS) is 20.1. The first-order valence-corrected chi connectivity index (χ1v) is 7.45. The van der Waals surface area contributed by atoms with Crippen LogP contribution in [0.25, 0.3) is 0 Å². The Bertz CT molecular complexity index is 701. The molecule has 0 bridgehead atoms. The van der Waals surface area contributed by atoms with Gasteiger partial charge >= 0.3 is 0 Å². The Kier molecular flexibility index (Phi) is 4.05. The maximum atomic E-state index is 12.6. The van der Waals surface area contributed by atoms with Gasteiger partial charge in [-0.05, 0) is 24.6 Å². The third kappa shape index (κ3) is 2.66. The highest BCUT2D eigenvalue weighted by Gasteiger charge is 2.31. The monoisotopic (exact) mass is 291 g/mol. The van der Waals surface area contributed by atoms with Crippen molar-refractivity contribution in [1.82, 2.24) is 4.31 Å². The molecule has 1 aromatic carbocycles. The molecule has 1 heterocycles. The van der Waals surface area contributed by atoms with Crippen LogP contribution in [0, 0.1) is 29.6 Å². The Hall–Kier alpha value is -1.93. The zero-order valence-electron chi connectivity index (χ0n) is 10.9. The molecular weight excluding hydrogens is 278 g/mol. The highest BCUT2D eigenvalue weighted by molar-refractivity contribution is 7.89. The van der Waals surface area contributed by atoms with Crippen LogP contribution in [0.15, 0.2) is 23.1 Å². The Morgan fingerprint density at radius 2 is 2.15 bits per heavy atom. The van der Waals surface area contributed by atoms with Gasteiger partial charge in [0, 0.05) is 6.54 Å². The lowest BCUT2D eigenvalue weighted by Gasteiger charge is -2.29. The summed E-state index contributed by atoms with van der Waals surface area (Å²) in [6.45, 7) is 2.08. The maximum absolute atomic E-state index is 12.6. The SMILES string of the molecule is Cc1ccc(C#N)cc1S(=O)(=O)N1CCOC(C#N)C1. The highest BCUT2D eigenvalue weighted by Crippen LogP contribution is 2.23. The number of nitrogens with zero attached hydrogens (tertiary/aromatic N) is 3. The van der Waals surface area contributed by atoms with Crippen molar-refractivity contribution in [1.29, 1.82) is 10.5 Å². The van der Waals surface area contributed by atoms with Gasteiger partial charge in [-0.1, -0.05) is 6.07 Å². The number of aryl methyl sites for hydroxylation is 1. The van der Waals surface area contributed by atoms with Crippen LogP contribution in [0.5, 0.6) is 0 Å². The number of hydrogen-bond acceptors (Lipinski definition) is 5. The summed E-state index contributed by atoms with van der Waals surface area (Å²) in [5, 5.41) is 17.7. The minimum absolute atomic E-state index is 0.00898. The van der Waals surface area contributed by atoms with Crippen molar-refractivity contribution in [2.75, 3.05) is 19.7 Å². The molecule has 1 aliphatic rings. The maximum Gasteiger partial charge on any atom is 0.243 e. The van der Waals surface area contributed by atoms with E-state index in [1.54, 1.807) is 19.1 Å². The van der Waals surface area contributed by atoms with Crippen molar-refractivity contribution in [2.24, 2.45) is 0 Å². The van der Waals surface area contributed by atoms with Crippen molar-refractivity contribution in [3.05, 3.63) is 29.3 Å². The molecule has 104 valence electrons. The van der Waals surface area contributed by atoms with Gasteiger partial charge in [-0.25, -0.2) is 8.42 Å². The number of morpholine rings is 1. The van der Waals surface area contributed by atoms with Gasteiger partial charge in [-0.3, -0.25) is 0 Å². The molecule has 0 saturated carbocycles. The molecule has 1 unspecified atom stereocenters. The van der Waals surface area contributed by atoms with Gasteiger partial charge in [0.25, 0.3) is 0 Å². The van der Waals surface area contributed by atoms with Crippen LogP contribution in [0.3, 0.4) is 0 Å². The van der Waals surface area contributed by atoms with E-state index >= 15 is 0 Å². The molecule has 2 rings (SSSR count). The second kappa shape index (κ2) is 5.59. The Morgan fingerprint density at radius 3 is 2.80 bits per heavy atom. The van der Waals surface area contributed by atoms with E-state index in [-0.39, 0.29) is 24.6 Å². The summed E-state index contributed by atoms with van der Waals surface area (Å²) in [6.07, 6.45) is -0.752. The third-order valence-corrected chi connectivity index (χ3v) is 5.12. The second-order valence-electron chi connectivity index (χ2n) is 4.44. The summed E-state index contributed by atoms with van der Waals surface area (Å²) >= 11 is 0. The number of ether oxygens (including phenoxy) is 1. The molecule has 20 heavy (non-hydrogen) atoms. The van der Waals surface area contributed by atoms with Gasteiger partial charge in [0.1, 0.15) is 0 Å². The van der Waals surface area contributed by atoms with Crippen LogP contribution in [0.1, 0.15) is 11.1 Å². The molecule has 6 nitrogen and oxygen atoms in total. The van der Waals surface area contributed by atoms with Crippen LogP contribution >= 0.6 is 0 Å². The molecule has 0 radical (unpaired) electrons. The van der Waals surface area contributed by atoms with Gasteiger partial charge in [-0.15, -0.1) is 0 Å². The molecule has 0 N–H and O–H groups in total. The zero-order valence-corrected chi connectivity index (χ0v) is 11.7. The average Bonchev–Trinajstić information content (AvgIpc) is 2.47. The predicted octanol–water partition coefficient (Wildman–Crippen LogP) is 0.780. The molecule has 1 fully saturated rings. The summed E-state index contributed by atoms with van der Waals surface area (Å²) in [6, 6.07) is 8.39. The Morgan fingerprint density at radius 1 is 1.40 bits per heavy atom. The van der Waals surface area contributed by atoms with E-state index in [4.69, 9.17) is 15.3 Å². The van der Waals surface area contributed by atoms with Crippen molar-refractivity contribution >= 4 is 10.0 Å². The topological polar surface area (TPSA) is 94.2 Å².